The lowest BCUT2D eigenvalue weighted by Gasteiger charge is -2.20. The van der Waals surface area contributed by atoms with Crippen molar-refractivity contribution in [2.75, 3.05) is 19.7 Å². The highest BCUT2D eigenvalue weighted by molar-refractivity contribution is 7.82. The molecule has 4 nitrogen and oxygen atoms in total. The molecule has 2 N–H and O–H groups in total. The second-order valence-corrected chi connectivity index (χ2v) is 6.67. The first kappa shape index (κ1) is 16.4. The summed E-state index contributed by atoms with van der Waals surface area (Å²) in [6, 6.07) is 5.39. The fourth-order valence-corrected chi connectivity index (χ4v) is 3.48. The van der Waals surface area contributed by atoms with Gasteiger partial charge in [-0.15, -0.1) is 0 Å². The molecule has 0 aliphatic carbocycles. The molecular formula is C13H16F3NO3S. The second-order valence-electron chi connectivity index (χ2n) is 5.18. The Kier molecular flexibility index (Phi) is 4.72. The van der Waals surface area contributed by atoms with E-state index in [-0.39, 0.29) is 12.1 Å². The van der Waals surface area contributed by atoms with E-state index in [0.717, 1.165) is 0 Å². The second kappa shape index (κ2) is 6.04. The average molecular weight is 323 g/mol. The molecule has 1 aliphatic rings. The number of rotatable bonds is 4. The monoisotopic (exact) mass is 323 g/mol. The van der Waals surface area contributed by atoms with Crippen molar-refractivity contribution in [2.45, 2.75) is 29.5 Å². The van der Waals surface area contributed by atoms with Gasteiger partial charge in [0.2, 0.25) is 0 Å². The van der Waals surface area contributed by atoms with Gasteiger partial charge >= 0.3 is 6.18 Å². The van der Waals surface area contributed by atoms with Gasteiger partial charge in [-0.25, -0.2) is 8.51 Å². The molecule has 1 aromatic carbocycles. The number of hydrogen-bond acceptors (Lipinski definition) is 3. The van der Waals surface area contributed by atoms with Crippen molar-refractivity contribution in [3.63, 3.8) is 0 Å². The number of halogens is 3. The minimum absolute atomic E-state index is 0.0699. The van der Waals surface area contributed by atoms with Crippen LogP contribution in [0.15, 0.2) is 29.2 Å². The van der Waals surface area contributed by atoms with Gasteiger partial charge in [0.1, 0.15) is 16.6 Å². The maximum absolute atomic E-state index is 12.3. The quantitative estimate of drug-likeness (QED) is 0.876. The standard InChI is InChI=1S/C13H16F3NO3S/c14-13(15,16)7-10-1-3-11(4-2-10)21(20)17-6-5-12(19,8-17)9-18/h1-4,18-19H,5-9H2. The number of β-amino-alcohol motifs (C(OH)–C–C–N with tert-alkyl or cyclic N) is 1. The third-order valence-electron chi connectivity index (χ3n) is 3.36. The molecule has 2 rings (SSSR count). The minimum atomic E-state index is -4.27. The summed E-state index contributed by atoms with van der Waals surface area (Å²) in [6.45, 7) is 0.0135. The van der Waals surface area contributed by atoms with Crippen LogP contribution in [0.3, 0.4) is 0 Å². The molecule has 2 unspecified atom stereocenters. The molecule has 8 heteroatoms. The van der Waals surface area contributed by atoms with E-state index in [0.29, 0.717) is 17.9 Å². The van der Waals surface area contributed by atoms with Crippen molar-refractivity contribution in [3.05, 3.63) is 29.8 Å². The summed E-state index contributed by atoms with van der Waals surface area (Å²) in [7, 11) is -1.56. The lowest BCUT2D eigenvalue weighted by molar-refractivity contribution is -0.127. The van der Waals surface area contributed by atoms with Crippen LogP contribution in [0.25, 0.3) is 0 Å². The topological polar surface area (TPSA) is 60.8 Å². The zero-order valence-electron chi connectivity index (χ0n) is 11.1. The summed E-state index contributed by atoms with van der Waals surface area (Å²) in [4.78, 5) is 0.378. The van der Waals surface area contributed by atoms with Crippen LogP contribution in [0.1, 0.15) is 12.0 Å². The maximum Gasteiger partial charge on any atom is 0.393 e. The van der Waals surface area contributed by atoms with E-state index in [2.05, 4.69) is 0 Å². The summed E-state index contributed by atoms with van der Waals surface area (Å²) >= 11 is 0. The van der Waals surface area contributed by atoms with Crippen molar-refractivity contribution < 1.29 is 27.6 Å². The van der Waals surface area contributed by atoms with Gasteiger partial charge in [0.15, 0.2) is 0 Å². The van der Waals surface area contributed by atoms with Crippen molar-refractivity contribution in [3.8, 4) is 0 Å². The van der Waals surface area contributed by atoms with Crippen LogP contribution in [0.5, 0.6) is 0 Å². The Bertz CT molecular complexity index is 520. The Hall–Kier alpha value is -0.960. The molecule has 1 aromatic rings. The Morgan fingerprint density at radius 3 is 2.38 bits per heavy atom. The van der Waals surface area contributed by atoms with Gasteiger partial charge in [0.05, 0.1) is 17.9 Å². The summed E-state index contributed by atoms with van der Waals surface area (Å²) in [5.74, 6) is 0. The Morgan fingerprint density at radius 2 is 1.90 bits per heavy atom. The van der Waals surface area contributed by atoms with Crippen LogP contribution >= 0.6 is 0 Å². The van der Waals surface area contributed by atoms with Gasteiger partial charge in [-0.2, -0.15) is 13.2 Å². The molecule has 0 aromatic heterocycles. The van der Waals surface area contributed by atoms with Crippen molar-refractivity contribution in [2.24, 2.45) is 0 Å². The summed E-state index contributed by atoms with van der Waals surface area (Å²) < 4.78 is 50.5. The first-order valence-electron chi connectivity index (χ1n) is 6.38. The van der Waals surface area contributed by atoms with Crippen LogP contribution in [-0.2, 0) is 17.4 Å². The van der Waals surface area contributed by atoms with Gasteiger partial charge < -0.3 is 10.2 Å². The molecule has 0 radical (unpaired) electrons. The Labute approximate surface area is 122 Å². The van der Waals surface area contributed by atoms with E-state index in [1.54, 1.807) is 0 Å². The zero-order chi connectivity index (χ0) is 15.7. The van der Waals surface area contributed by atoms with Gasteiger partial charge in [-0.3, -0.25) is 0 Å². The van der Waals surface area contributed by atoms with Gasteiger partial charge in [-0.1, -0.05) is 12.1 Å². The molecule has 1 fully saturated rings. The first-order chi connectivity index (χ1) is 9.72. The number of benzene rings is 1. The molecule has 1 saturated heterocycles. The van der Waals surface area contributed by atoms with E-state index >= 15 is 0 Å². The van der Waals surface area contributed by atoms with Gasteiger partial charge in [0.25, 0.3) is 0 Å². The molecule has 2 atom stereocenters. The van der Waals surface area contributed by atoms with Crippen LogP contribution in [-0.4, -0.2) is 50.2 Å². The molecule has 21 heavy (non-hydrogen) atoms. The van der Waals surface area contributed by atoms with Crippen molar-refractivity contribution in [1.29, 1.82) is 0 Å². The maximum atomic E-state index is 12.3. The van der Waals surface area contributed by atoms with Gasteiger partial charge in [0, 0.05) is 13.1 Å². The highest BCUT2D eigenvalue weighted by atomic mass is 32.2. The van der Waals surface area contributed by atoms with Crippen LogP contribution in [0, 0.1) is 0 Å². The summed E-state index contributed by atoms with van der Waals surface area (Å²) in [5.41, 5.74) is -1.15. The average Bonchev–Trinajstić information content (AvgIpc) is 2.80. The molecule has 1 heterocycles. The molecule has 118 valence electrons. The summed E-state index contributed by atoms with van der Waals surface area (Å²) in [6.07, 6.45) is -4.98. The molecule has 0 amide bonds. The first-order valence-corrected chi connectivity index (χ1v) is 7.49. The van der Waals surface area contributed by atoms with E-state index in [9.17, 15) is 22.5 Å². The molecule has 0 spiro atoms. The zero-order valence-corrected chi connectivity index (χ0v) is 12.0. The fourth-order valence-electron chi connectivity index (χ4n) is 2.19. The molecule has 0 saturated carbocycles. The van der Waals surface area contributed by atoms with Crippen LogP contribution in [0.2, 0.25) is 0 Å². The molecule has 1 aliphatic heterocycles. The largest absolute Gasteiger partial charge is 0.393 e. The van der Waals surface area contributed by atoms with Crippen molar-refractivity contribution >= 4 is 11.0 Å². The third-order valence-corrected chi connectivity index (χ3v) is 4.81. The van der Waals surface area contributed by atoms with E-state index in [1.165, 1.54) is 28.6 Å². The predicted octanol–water partition coefficient (Wildman–Crippen LogP) is 1.24. The van der Waals surface area contributed by atoms with Gasteiger partial charge in [-0.05, 0) is 24.1 Å². The molecular weight excluding hydrogens is 307 g/mol. The van der Waals surface area contributed by atoms with Crippen molar-refractivity contribution in [1.82, 2.24) is 4.31 Å². The normalized spacial score (nSPS) is 25.2. The number of hydrogen-bond donors (Lipinski definition) is 2. The highest BCUT2D eigenvalue weighted by Gasteiger charge is 2.38. The lowest BCUT2D eigenvalue weighted by Crippen LogP contribution is -2.37. The molecule has 0 bridgehead atoms. The number of aliphatic hydroxyl groups excluding tert-OH is 1. The fraction of sp³-hybridized carbons (Fsp3) is 0.538. The van der Waals surface area contributed by atoms with E-state index in [4.69, 9.17) is 5.11 Å². The number of aliphatic hydroxyl groups is 2. The minimum Gasteiger partial charge on any atom is -0.393 e. The van der Waals surface area contributed by atoms with Crippen LogP contribution in [0.4, 0.5) is 13.2 Å². The third kappa shape index (κ3) is 4.26. The lowest BCUT2D eigenvalue weighted by atomic mass is 10.1. The van der Waals surface area contributed by atoms with E-state index < -0.39 is 35.8 Å². The number of alkyl halides is 3. The predicted molar refractivity (Wildman–Crippen MR) is 70.8 cm³/mol. The highest BCUT2D eigenvalue weighted by Crippen LogP contribution is 2.26. The SMILES string of the molecule is O=S(c1ccc(CC(F)(F)F)cc1)N1CCC(O)(CO)C1. The Balaban J connectivity index is 2.04. The van der Waals surface area contributed by atoms with E-state index in [1.807, 2.05) is 0 Å². The summed E-state index contributed by atoms with van der Waals surface area (Å²) in [5, 5.41) is 18.9. The smallest absolute Gasteiger partial charge is 0.393 e. The number of nitrogens with zero attached hydrogens (tertiary/aromatic N) is 1. The van der Waals surface area contributed by atoms with Crippen LogP contribution < -0.4 is 0 Å². The Morgan fingerprint density at radius 1 is 1.29 bits per heavy atom.